The van der Waals surface area contributed by atoms with Crippen LogP contribution >= 0.6 is 0 Å². The second kappa shape index (κ2) is 10.9. The third kappa shape index (κ3) is 6.19. The first-order valence-corrected chi connectivity index (χ1v) is 13.2. The Morgan fingerprint density at radius 2 is 1.62 bits per heavy atom. The van der Waals surface area contributed by atoms with Crippen molar-refractivity contribution in [3.63, 3.8) is 0 Å². The van der Waals surface area contributed by atoms with Gasteiger partial charge in [0.2, 0.25) is 10.0 Å². The highest BCUT2D eigenvalue weighted by atomic mass is 32.2. The third-order valence-electron chi connectivity index (χ3n) is 6.17. The molecule has 1 N–H and O–H groups in total. The number of nitro groups is 1. The van der Waals surface area contributed by atoms with Crippen molar-refractivity contribution in [3.8, 4) is 0 Å². The van der Waals surface area contributed by atoms with E-state index >= 15 is 0 Å². The molecule has 37 heavy (non-hydrogen) atoms. The largest absolute Gasteiger partial charge is 0.358 e. The van der Waals surface area contributed by atoms with Crippen molar-refractivity contribution >= 4 is 28.0 Å². The molecule has 0 aliphatic carbocycles. The first-order valence-electron chi connectivity index (χ1n) is 11.7. The molecule has 9 heteroatoms. The highest BCUT2D eigenvalue weighted by molar-refractivity contribution is 7.89. The Morgan fingerprint density at radius 3 is 2.24 bits per heavy atom. The molecule has 4 aromatic rings. The number of imidazole rings is 1. The number of nitrogens with zero attached hydrogens (tertiary/aromatic N) is 3. The van der Waals surface area contributed by atoms with Gasteiger partial charge in [-0.1, -0.05) is 78.4 Å². The van der Waals surface area contributed by atoms with Crippen LogP contribution in [0.25, 0.3) is 12.2 Å². The standard InChI is InChI=1S/C28H28N4O4S/c1-20-9-16-25(17-10-20)37(35,36)30-27(24-7-5-4-6-8-24)19-23-13-11-22(12-14-23)15-18-26-28(32(33)34)31(3)21(2)29-26/h4-18,27,30H,19H2,1-3H3/b18-15+. The lowest BCUT2D eigenvalue weighted by Crippen LogP contribution is -2.30. The van der Waals surface area contributed by atoms with Crippen molar-refractivity contribution in [1.29, 1.82) is 0 Å². The fraction of sp³-hybridized carbons (Fsp3) is 0.179. The Kier molecular flexibility index (Phi) is 7.66. The molecule has 0 amide bonds. The molecule has 1 unspecified atom stereocenters. The lowest BCUT2D eigenvalue weighted by molar-refractivity contribution is -0.392. The van der Waals surface area contributed by atoms with Gasteiger partial charge in [0, 0.05) is 6.92 Å². The van der Waals surface area contributed by atoms with E-state index in [4.69, 9.17) is 0 Å². The molecule has 3 aromatic carbocycles. The van der Waals surface area contributed by atoms with Crippen molar-refractivity contribution in [2.45, 2.75) is 31.2 Å². The van der Waals surface area contributed by atoms with E-state index in [-0.39, 0.29) is 10.7 Å². The number of rotatable bonds is 9. The molecule has 4 rings (SSSR count). The van der Waals surface area contributed by atoms with Gasteiger partial charge in [0.15, 0.2) is 11.5 Å². The predicted octanol–water partition coefficient (Wildman–Crippen LogP) is 5.38. The minimum atomic E-state index is -3.73. The predicted molar refractivity (Wildman–Crippen MR) is 144 cm³/mol. The number of aryl methyl sites for hydroxylation is 2. The molecule has 1 atom stereocenters. The second-order valence-corrected chi connectivity index (χ2v) is 10.6. The summed E-state index contributed by atoms with van der Waals surface area (Å²) in [6.45, 7) is 3.63. The van der Waals surface area contributed by atoms with E-state index in [2.05, 4.69) is 9.71 Å². The van der Waals surface area contributed by atoms with Gasteiger partial charge < -0.3 is 10.1 Å². The first-order chi connectivity index (χ1) is 17.6. The number of benzene rings is 3. The molecule has 190 valence electrons. The quantitative estimate of drug-likeness (QED) is 0.237. The van der Waals surface area contributed by atoms with Crippen LogP contribution < -0.4 is 4.72 Å². The van der Waals surface area contributed by atoms with E-state index < -0.39 is 21.0 Å². The monoisotopic (exact) mass is 516 g/mol. The summed E-state index contributed by atoms with van der Waals surface area (Å²) < 4.78 is 30.5. The Hall–Kier alpha value is -4.08. The second-order valence-electron chi connectivity index (χ2n) is 8.86. The Morgan fingerprint density at radius 1 is 0.973 bits per heavy atom. The van der Waals surface area contributed by atoms with Crippen molar-refractivity contribution in [1.82, 2.24) is 14.3 Å². The maximum atomic E-state index is 13.1. The van der Waals surface area contributed by atoms with Crippen molar-refractivity contribution < 1.29 is 13.3 Å². The number of hydrogen-bond acceptors (Lipinski definition) is 5. The fourth-order valence-electron chi connectivity index (χ4n) is 4.01. The van der Waals surface area contributed by atoms with E-state index in [1.165, 1.54) is 4.57 Å². The number of nitrogens with one attached hydrogen (secondary N) is 1. The van der Waals surface area contributed by atoms with Crippen LogP contribution in [0.4, 0.5) is 5.82 Å². The molecule has 0 aliphatic rings. The summed E-state index contributed by atoms with van der Waals surface area (Å²) >= 11 is 0. The normalized spacial score (nSPS) is 12.6. The summed E-state index contributed by atoms with van der Waals surface area (Å²) in [6.07, 6.45) is 3.85. The zero-order valence-corrected chi connectivity index (χ0v) is 21.6. The topological polar surface area (TPSA) is 107 Å². The Bertz CT molecular complexity index is 1530. The van der Waals surface area contributed by atoms with Crippen LogP contribution in [0.1, 0.15) is 39.8 Å². The molecule has 1 heterocycles. The SMILES string of the molecule is Cc1ccc(S(=O)(=O)NC(Cc2ccc(/C=C/c3nc(C)n(C)c3[N+](=O)[O-])cc2)c2ccccc2)cc1. The molecule has 0 radical (unpaired) electrons. The van der Waals surface area contributed by atoms with E-state index in [1.54, 1.807) is 50.4 Å². The summed E-state index contributed by atoms with van der Waals surface area (Å²) in [7, 11) is -2.12. The lowest BCUT2D eigenvalue weighted by Gasteiger charge is -2.20. The minimum Gasteiger partial charge on any atom is -0.358 e. The highest BCUT2D eigenvalue weighted by Gasteiger charge is 2.22. The molecule has 0 bridgehead atoms. The van der Waals surface area contributed by atoms with Crippen molar-refractivity contribution in [2.75, 3.05) is 0 Å². The van der Waals surface area contributed by atoms with Crippen molar-refractivity contribution in [3.05, 3.63) is 123 Å². The summed E-state index contributed by atoms with van der Waals surface area (Å²) in [5.74, 6) is 0.499. The van der Waals surface area contributed by atoms with Crippen LogP contribution in [0.5, 0.6) is 0 Å². The first kappa shape index (κ1) is 26.0. The van der Waals surface area contributed by atoms with Crippen LogP contribution in [0.15, 0.2) is 83.8 Å². The van der Waals surface area contributed by atoms with E-state index in [0.717, 1.165) is 22.3 Å². The van der Waals surface area contributed by atoms with Crippen LogP contribution in [-0.2, 0) is 23.5 Å². The maximum absolute atomic E-state index is 13.1. The average molecular weight is 517 g/mol. The Labute approximate surface area is 216 Å². The highest BCUT2D eigenvalue weighted by Crippen LogP contribution is 2.24. The van der Waals surface area contributed by atoms with Crippen LogP contribution in [-0.4, -0.2) is 22.9 Å². The van der Waals surface area contributed by atoms with Gasteiger partial charge in [0.05, 0.1) is 18.0 Å². The average Bonchev–Trinajstić information content (AvgIpc) is 3.17. The van der Waals surface area contributed by atoms with E-state index in [0.29, 0.717) is 17.9 Å². The van der Waals surface area contributed by atoms with Gasteiger partial charge in [-0.2, -0.15) is 0 Å². The molecule has 0 aliphatic heterocycles. The van der Waals surface area contributed by atoms with Gasteiger partial charge in [0.1, 0.15) is 0 Å². The smallest absolute Gasteiger partial charge is 0.350 e. The van der Waals surface area contributed by atoms with Crippen molar-refractivity contribution in [2.24, 2.45) is 7.05 Å². The molecule has 0 fully saturated rings. The van der Waals surface area contributed by atoms with Crippen LogP contribution in [0, 0.1) is 24.0 Å². The lowest BCUT2D eigenvalue weighted by atomic mass is 9.99. The molecular formula is C28H28N4O4S. The summed E-state index contributed by atoms with van der Waals surface area (Å²) in [6, 6.07) is 23.4. The van der Waals surface area contributed by atoms with E-state index in [9.17, 15) is 18.5 Å². The summed E-state index contributed by atoms with van der Waals surface area (Å²) in [5.41, 5.74) is 3.93. The molecular weight excluding hydrogens is 488 g/mol. The van der Waals surface area contributed by atoms with Gasteiger partial charge in [-0.05, 0) is 53.2 Å². The fourth-order valence-corrected chi connectivity index (χ4v) is 5.24. The number of sulfonamides is 1. The van der Waals surface area contributed by atoms with Gasteiger partial charge in [-0.3, -0.25) is 0 Å². The van der Waals surface area contributed by atoms with Gasteiger partial charge in [-0.25, -0.2) is 22.7 Å². The van der Waals surface area contributed by atoms with Gasteiger partial charge >= 0.3 is 5.82 Å². The zero-order valence-electron chi connectivity index (χ0n) is 20.8. The zero-order chi connectivity index (χ0) is 26.6. The summed E-state index contributed by atoms with van der Waals surface area (Å²) in [4.78, 5) is 15.4. The number of aromatic nitrogens is 2. The molecule has 0 saturated heterocycles. The third-order valence-corrected chi connectivity index (χ3v) is 7.66. The van der Waals surface area contributed by atoms with E-state index in [1.807, 2.05) is 61.5 Å². The summed E-state index contributed by atoms with van der Waals surface area (Å²) in [5, 5.41) is 11.4. The van der Waals surface area contributed by atoms with Crippen LogP contribution in [0.2, 0.25) is 0 Å². The van der Waals surface area contributed by atoms with Gasteiger partial charge in [-0.15, -0.1) is 0 Å². The number of hydrogen-bond donors (Lipinski definition) is 1. The molecule has 1 aromatic heterocycles. The Balaban J connectivity index is 1.55. The van der Waals surface area contributed by atoms with Gasteiger partial charge in [0.25, 0.3) is 0 Å². The minimum absolute atomic E-state index is 0.0584. The molecule has 8 nitrogen and oxygen atoms in total. The maximum Gasteiger partial charge on any atom is 0.350 e. The van der Waals surface area contributed by atoms with Crippen LogP contribution in [0.3, 0.4) is 0 Å². The molecule has 0 saturated carbocycles. The molecule has 0 spiro atoms.